The molecule has 1 saturated heterocycles. The van der Waals surface area contributed by atoms with Crippen LogP contribution in [0, 0.1) is 0 Å². The van der Waals surface area contributed by atoms with Crippen molar-refractivity contribution in [1.29, 1.82) is 0 Å². The minimum atomic E-state index is -0.652. The average molecular weight is 467 g/mol. The normalized spacial score (nSPS) is 15.7. The number of amides is 3. The van der Waals surface area contributed by atoms with Gasteiger partial charge in [0.1, 0.15) is 6.04 Å². The van der Waals surface area contributed by atoms with E-state index in [0.717, 1.165) is 36.0 Å². The predicted octanol–water partition coefficient (Wildman–Crippen LogP) is 3.50. The third-order valence-corrected chi connectivity index (χ3v) is 7.06. The molecule has 1 aliphatic heterocycles. The van der Waals surface area contributed by atoms with Crippen LogP contribution >= 0.6 is 34.7 Å². The van der Waals surface area contributed by atoms with E-state index < -0.39 is 12.1 Å². The van der Waals surface area contributed by atoms with Gasteiger partial charge >= 0.3 is 6.03 Å². The first-order valence-corrected chi connectivity index (χ1v) is 12.5. The van der Waals surface area contributed by atoms with Crippen LogP contribution in [-0.4, -0.2) is 66.0 Å². The van der Waals surface area contributed by atoms with Crippen molar-refractivity contribution >= 4 is 46.6 Å². The van der Waals surface area contributed by atoms with E-state index in [0.29, 0.717) is 19.5 Å². The molecule has 1 atom stereocenters. The first-order valence-electron chi connectivity index (χ1n) is 9.87. The molecule has 0 saturated carbocycles. The van der Waals surface area contributed by atoms with Crippen molar-refractivity contribution in [1.82, 2.24) is 15.1 Å². The molecule has 2 heterocycles. The van der Waals surface area contributed by atoms with Gasteiger partial charge in [-0.15, -0.1) is 11.3 Å². The molecule has 1 aliphatic rings. The number of nitrogens with one attached hydrogen (secondary N) is 1. The fourth-order valence-electron chi connectivity index (χ4n) is 3.49. The van der Waals surface area contributed by atoms with Crippen LogP contribution < -0.4 is 11.1 Å². The second-order valence-electron chi connectivity index (χ2n) is 7.22. The molecule has 0 aliphatic carbocycles. The molecule has 3 N–H and O–H groups in total. The zero-order valence-corrected chi connectivity index (χ0v) is 19.4. The molecule has 0 bridgehead atoms. The third kappa shape index (κ3) is 6.38. The van der Waals surface area contributed by atoms with E-state index in [4.69, 9.17) is 17.3 Å². The maximum Gasteiger partial charge on any atom is 0.312 e. The number of benzene rings is 1. The molecule has 0 unspecified atom stereocenters. The number of primary amides is 1. The molecule has 162 valence electrons. The van der Waals surface area contributed by atoms with Crippen LogP contribution in [-0.2, 0) is 11.3 Å². The highest BCUT2D eigenvalue weighted by atomic mass is 35.5. The Morgan fingerprint density at radius 3 is 2.67 bits per heavy atom. The van der Waals surface area contributed by atoms with Gasteiger partial charge in [0.05, 0.1) is 0 Å². The number of nitrogens with two attached hydrogens (primary N) is 1. The largest absolute Gasteiger partial charge is 0.352 e. The van der Waals surface area contributed by atoms with Crippen molar-refractivity contribution in [3.8, 4) is 10.4 Å². The zero-order valence-electron chi connectivity index (χ0n) is 17.0. The molecule has 1 aromatic heterocycles. The van der Waals surface area contributed by atoms with E-state index in [1.807, 2.05) is 29.4 Å². The number of urea groups is 1. The lowest BCUT2D eigenvalue weighted by molar-refractivity contribution is -0.135. The summed E-state index contributed by atoms with van der Waals surface area (Å²) < 4.78 is 0. The molecule has 3 amide bonds. The number of hydrogen-bond donors (Lipinski definition) is 2. The van der Waals surface area contributed by atoms with Crippen molar-refractivity contribution in [2.45, 2.75) is 19.0 Å². The number of thioether (sulfide) groups is 1. The zero-order chi connectivity index (χ0) is 21.5. The molecule has 1 fully saturated rings. The Morgan fingerprint density at radius 1 is 1.23 bits per heavy atom. The van der Waals surface area contributed by atoms with E-state index >= 15 is 0 Å². The third-order valence-electron chi connectivity index (χ3n) is 5.06. The first-order chi connectivity index (χ1) is 14.5. The van der Waals surface area contributed by atoms with Crippen LogP contribution in [0.1, 0.15) is 11.3 Å². The Hall–Kier alpha value is -1.74. The maximum atomic E-state index is 12.8. The molecule has 3 rings (SSSR count). The summed E-state index contributed by atoms with van der Waals surface area (Å²) in [6.07, 6.45) is 2.57. The van der Waals surface area contributed by atoms with Crippen LogP contribution in [0.15, 0.2) is 36.4 Å². The van der Waals surface area contributed by atoms with E-state index in [1.54, 1.807) is 23.1 Å². The summed E-state index contributed by atoms with van der Waals surface area (Å²) in [5.74, 6) is 0.756. The van der Waals surface area contributed by atoms with Crippen LogP contribution in [0.25, 0.3) is 10.4 Å². The van der Waals surface area contributed by atoms with Gasteiger partial charge in [0, 0.05) is 47.5 Å². The fraction of sp³-hybridized carbons (Fsp3) is 0.429. The Labute approximate surface area is 190 Å². The minimum absolute atomic E-state index is 0.0399. The van der Waals surface area contributed by atoms with Crippen molar-refractivity contribution in [2.75, 3.05) is 38.2 Å². The van der Waals surface area contributed by atoms with E-state index in [2.05, 4.69) is 28.4 Å². The number of piperazine rings is 1. The second-order valence-corrected chi connectivity index (χ2v) is 9.81. The summed E-state index contributed by atoms with van der Waals surface area (Å²) in [5, 5.41) is 3.34. The number of carbonyl (C=O) groups is 2. The highest BCUT2D eigenvalue weighted by Crippen LogP contribution is 2.30. The monoisotopic (exact) mass is 466 g/mol. The lowest BCUT2D eigenvalue weighted by Crippen LogP contribution is -2.55. The van der Waals surface area contributed by atoms with Crippen molar-refractivity contribution in [3.63, 3.8) is 0 Å². The summed E-state index contributed by atoms with van der Waals surface area (Å²) in [4.78, 5) is 30.8. The summed E-state index contributed by atoms with van der Waals surface area (Å²) in [7, 11) is 0. The number of thiophene rings is 1. The van der Waals surface area contributed by atoms with Gasteiger partial charge in [0.2, 0.25) is 5.91 Å². The molecule has 0 spiro atoms. The Kier molecular flexibility index (Phi) is 8.44. The van der Waals surface area contributed by atoms with Crippen LogP contribution in [0.4, 0.5) is 4.79 Å². The van der Waals surface area contributed by atoms with E-state index in [1.165, 1.54) is 9.75 Å². The standard InChI is InChI=1S/C21H27ClN4O2S2/c1-29-12-7-18(24-21(23)28)20(27)26-10-8-25(9-11-26)14-17-5-6-19(30-17)15-3-2-4-16(22)13-15/h2-6,13,18H,7-12,14H2,1H3,(H3,23,24,28)/t18-/m1/s1. The van der Waals surface area contributed by atoms with Crippen molar-refractivity contribution in [2.24, 2.45) is 5.73 Å². The number of hydrogen-bond acceptors (Lipinski definition) is 5. The van der Waals surface area contributed by atoms with Gasteiger partial charge in [0.25, 0.3) is 0 Å². The van der Waals surface area contributed by atoms with Crippen molar-refractivity contribution in [3.05, 3.63) is 46.3 Å². The molecule has 30 heavy (non-hydrogen) atoms. The molecule has 9 heteroatoms. The molecular formula is C21H27ClN4O2S2. The summed E-state index contributed by atoms with van der Waals surface area (Å²) in [6, 6.07) is 11.0. The second kappa shape index (κ2) is 11.0. The molecule has 6 nitrogen and oxygen atoms in total. The van der Waals surface area contributed by atoms with Gasteiger partial charge in [-0.25, -0.2) is 4.79 Å². The maximum absolute atomic E-state index is 12.8. The number of carbonyl (C=O) groups excluding carboxylic acids is 2. The lowest BCUT2D eigenvalue weighted by atomic mass is 10.1. The predicted molar refractivity (Wildman–Crippen MR) is 126 cm³/mol. The number of rotatable bonds is 8. The minimum Gasteiger partial charge on any atom is -0.352 e. The number of halogens is 1. The first kappa shape index (κ1) is 22.9. The summed E-state index contributed by atoms with van der Waals surface area (Å²) >= 11 is 9.53. The van der Waals surface area contributed by atoms with E-state index in [9.17, 15) is 9.59 Å². The van der Waals surface area contributed by atoms with Gasteiger partial charge in [-0.2, -0.15) is 11.8 Å². The number of nitrogens with zero attached hydrogens (tertiary/aromatic N) is 2. The Balaban J connectivity index is 1.53. The van der Waals surface area contributed by atoms with Crippen LogP contribution in [0.5, 0.6) is 0 Å². The average Bonchev–Trinajstić information content (AvgIpc) is 3.19. The van der Waals surface area contributed by atoms with Gasteiger partial charge in [-0.1, -0.05) is 23.7 Å². The quantitative estimate of drug-likeness (QED) is 0.624. The molecule has 2 aromatic rings. The Morgan fingerprint density at radius 2 is 2.00 bits per heavy atom. The van der Waals surface area contributed by atoms with Crippen molar-refractivity contribution < 1.29 is 9.59 Å². The summed E-state index contributed by atoms with van der Waals surface area (Å²) in [6.45, 7) is 3.79. The molecule has 0 radical (unpaired) electrons. The lowest BCUT2D eigenvalue weighted by Gasteiger charge is -2.36. The highest BCUT2D eigenvalue weighted by Gasteiger charge is 2.28. The van der Waals surface area contributed by atoms with Gasteiger partial charge < -0.3 is 16.0 Å². The van der Waals surface area contributed by atoms with Gasteiger partial charge in [-0.05, 0) is 48.3 Å². The Bertz CT molecular complexity index is 868. The van der Waals surface area contributed by atoms with Crippen LogP contribution in [0.3, 0.4) is 0 Å². The van der Waals surface area contributed by atoms with Crippen LogP contribution in [0.2, 0.25) is 5.02 Å². The van der Waals surface area contributed by atoms with E-state index in [-0.39, 0.29) is 5.91 Å². The van der Waals surface area contributed by atoms with Gasteiger partial charge in [0.15, 0.2) is 0 Å². The molecule has 1 aromatic carbocycles. The molecular weight excluding hydrogens is 440 g/mol. The SMILES string of the molecule is CSCC[C@@H](NC(N)=O)C(=O)N1CCN(Cc2ccc(-c3cccc(Cl)c3)s2)CC1. The summed E-state index contributed by atoms with van der Waals surface area (Å²) in [5.41, 5.74) is 6.38. The fourth-order valence-corrected chi connectivity index (χ4v) is 5.20. The topological polar surface area (TPSA) is 78.7 Å². The van der Waals surface area contributed by atoms with Gasteiger partial charge in [-0.3, -0.25) is 9.69 Å². The smallest absolute Gasteiger partial charge is 0.312 e. The highest BCUT2D eigenvalue weighted by molar-refractivity contribution is 7.98.